The van der Waals surface area contributed by atoms with E-state index in [1.807, 2.05) is 28.8 Å². The zero-order valence-corrected chi connectivity index (χ0v) is 11.1. The summed E-state index contributed by atoms with van der Waals surface area (Å²) in [6.45, 7) is 0.596. The maximum Gasteiger partial charge on any atom is 0.313 e. The topological polar surface area (TPSA) is 77.2 Å². The van der Waals surface area contributed by atoms with Crippen molar-refractivity contribution in [3.05, 3.63) is 36.2 Å². The lowest BCUT2D eigenvalue weighted by Gasteiger charge is -2.06. The van der Waals surface area contributed by atoms with Crippen molar-refractivity contribution in [3.63, 3.8) is 0 Å². The number of ether oxygens (including phenoxy) is 1. The van der Waals surface area contributed by atoms with E-state index in [9.17, 15) is 4.79 Å². The zero-order chi connectivity index (χ0) is 13.7. The van der Waals surface area contributed by atoms with Gasteiger partial charge in [0.2, 0.25) is 0 Å². The maximum atomic E-state index is 10.5. The smallest absolute Gasteiger partial charge is 0.313 e. The van der Waals surface area contributed by atoms with Gasteiger partial charge in [-0.05, 0) is 17.7 Å². The molecule has 0 saturated heterocycles. The Morgan fingerprint density at radius 2 is 2.16 bits per heavy atom. The van der Waals surface area contributed by atoms with Gasteiger partial charge in [0, 0.05) is 0 Å². The Hall–Kier alpha value is -2.02. The number of hydrogen-bond donors (Lipinski definition) is 1. The number of carbonyl (C=O) groups is 1. The minimum atomic E-state index is -0.871. The third kappa shape index (κ3) is 3.72. The Kier molecular flexibility index (Phi) is 4.40. The van der Waals surface area contributed by atoms with Crippen molar-refractivity contribution in [3.8, 4) is 5.75 Å². The first kappa shape index (κ1) is 13.4. The van der Waals surface area contributed by atoms with Crippen molar-refractivity contribution in [2.24, 2.45) is 0 Å². The number of aromatic nitrogens is 3. The van der Waals surface area contributed by atoms with Crippen LogP contribution in [0.4, 0.5) is 0 Å². The number of rotatable bonds is 6. The molecule has 2 aromatic rings. The molecule has 0 saturated carbocycles. The summed E-state index contributed by atoms with van der Waals surface area (Å²) in [5, 5.41) is 17.0. The number of carboxylic acids is 1. The lowest BCUT2D eigenvalue weighted by atomic mass is 10.2. The van der Waals surface area contributed by atoms with E-state index in [2.05, 4.69) is 10.2 Å². The number of aliphatic carboxylic acids is 1. The third-order valence-corrected chi connectivity index (χ3v) is 3.38. The van der Waals surface area contributed by atoms with Gasteiger partial charge in [0.1, 0.15) is 12.1 Å². The molecule has 0 atom stereocenters. The van der Waals surface area contributed by atoms with Crippen LogP contribution in [0.5, 0.6) is 5.75 Å². The molecular formula is C12H13N3O3S. The van der Waals surface area contributed by atoms with E-state index in [1.54, 1.807) is 13.4 Å². The molecule has 0 aliphatic carbocycles. The van der Waals surface area contributed by atoms with Gasteiger partial charge < -0.3 is 14.4 Å². The number of nitrogens with zero attached hydrogens (tertiary/aromatic N) is 3. The second kappa shape index (κ2) is 6.24. The lowest BCUT2D eigenvalue weighted by Crippen LogP contribution is -2.03. The van der Waals surface area contributed by atoms with Gasteiger partial charge in [0.15, 0.2) is 5.16 Å². The van der Waals surface area contributed by atoms with Crippen molar-refractivity contribution in [1.82, 2.24) is 14.8 Å². The second-order valence-corrected chi connectivity index (χ2v) is 4.71. The number of hydrogen-bond acceptors (Lipinski definition) is 5. The summed E-state index contributed by atoms with van der Waals surface area (Å²) in [7, 11) is 1.62. The second-order valence-electron chi connectivity index (χ2n) is 3.77. The van der Waals surface area contributed by atoms with Crippen molar-refractivity contribution in [2.45, 2.75) is 11.7 Å². The Morgan fingerprint density at radius 1 is 1.42 bits per heavy atom. The summed E-state index contributed by atoms with van der Waals surface area (Å²) < 4.78 is 6.91. The average molecular weight is 279 g/mol. The van der Waals surface area contributed by atoms with Gasteiger partial charge >= 0.3 is 5.97 Å². The van der Waals surface area contributed by atoms with Crippen molar-refractivity contribution in [1.29, 1.82) is 0 Å². The minimum Gasteiger partial charge on any atom is -0.497 e. The molecule has 0 spiro atoms. The SMILES string of the molecule is COc1ccc(Cn2cnnc2SCC(=O)O)cc1. The summed E-state index contributed by atoms with van der Waals surface area (Å²) in [5.41, 5.74) is 1.07. The van der Waals surface area contributed by atoms with Crippen LogP contribution in [-0.2, 0) is 11.3 Å². The fourth-order valence-corrected chi connectivity index (χ4v) is 2.15. The monoisotopic (exact) mass is 279 g/mol. The van der Waals surface area contributed by atoms with E-state index < -0.39 is 5.97 Å². The maximum absolute atomic E-state index is 10.5. The Bertz CT molecular complexity index is 554. The highest BCUT2D eigenvalue weighted by Crippen LogP contribution is 2.17. The molecule has 7 heteroatoms. The van der Waals surface area contributed by atoms with Gasteiger partial charge in [-0.2, -0.15) is 0 Å². The fourth-order valence-electron chi connectivity index (χ4n) is 1.52. The first-order chi connectivity index (χ1) is 9.19. The molecule has 1 aromatic heterocycles. The Labute approximate surface area is 114 Å². The van der Waals surface area contributed by atoms with Gasteiger partial charge in [-0.3, -0.25) is 4.79 Å². The van der Waals surface area contributed by atoms with Crippen LogP contribution in [0.3, 0.4) is 0 Å². The normalized spacial score (nSPS) is 10.4. The quantitative estimate of drug-likeness (QED) is 0.808. The van der Waals surface area contributed by atoms with Gasteiger partial charge in [-0.25, -0.2) is 0 Å². The summed E-state index contributed by atoms with van der Waals surface area (Å²) in [6.07, 6.45) is 1.59. The first-order valence-corrected chi connectivity index (χ1v) is 6.53. The molecule has 0 amide bonds. The van der Waals surface area contributed by atoms with Crippen LogP contribution in [0, 0.1) is 0 Å². The number of carboxylic acid groups (broad SMARTS) is 1. The van der Waals surface area contributed by atoms with Crippen molar-refractivity contribution >= 4 is 17.7 Å². The van der Waals surface area contributed by atoms with E-state index in [4.69, 9.17) is 9.84 Å². The van der Waals surface area contributed by atoms with E-state index >= 15 is 0 Å². The van der Waals surface area contributed by atoms with Crippen LogP contribution in [0.1, 0.15) is 5.56 Å². The standard InChI is InChI=1S/C12H13N3O3S/c1-18-10-4-2-9(3-5-10)6-15-8-13-14-12(15)19-7-11(16)17/h2-5,8H,6-7H2,1H3,(H,16,17). The largest absolute Gasteiger partial charge is 0.497 e. The first-order valence-electron chi connectivity index (χ1n) is 5.54. The van der Waals surface area contributed by atoms with Crippen LogP contribution in [-0.4, -0.2) is 38.7 Å². The molecule has 6 nitrogen and oxygen atoms in total. The van der Waals surface area contributed by atoms with E-state index in [-0.39, 0.29) is 5.75 Å². The summed E-state index contributed by atoms with van der Waals surface area (Å²) in [4.78, 5) is 10.5. The molecule has 0 aliphatic heterocycles. The molecule has 0 fully saturated rings. The van der Waals surface area contributed by atoms with Crippen LogP contribution >= 0.6 is 11.8 Å². The molecule has 1 heterocycles. The van der Waals surface area contributed by atoms with Crippen LogP contribution in [0.25, 0.3) is 0 Å². The number of thioether (sulfide) groups is 1. The van der Waals surface area contributed by atoms with E-state index in [1.165, 1.54) is 0 Å². The summed E-state index contributed by atoms with van der Waals surface area (Å²) in [5.74, 6) is -0.0987. The molecule has 0 radical (unpaired) electrons. The molecular weight excluding hydrogens is 266 g/mol. The molecule has 0 unspecified atom stereocenters. The van der Waals surface area contributed by atoms with Crippen molar-refractivity contribution in [2.75, 3.05) is 12.9 Å². The molecule has 2 rings (SSSR count). The molecule has 1 N–H and O–H groups in total. The highest BCUT2D eigenvalue weighted by molar-refractivity contribution is 7.99. The zero-order valence-electron chi connectivity index (χ0n) is 10.3. The predicted molar refractivity (Wildman–Crippen MR) is 70.5 cm³/mol. The Balaban J connectivity index is 2.05. The number of benzene rings is 1. The predicted octanol–water partition coefficient (Wildman–Crippen LogP) is 1.51. The molecule has 0 bridgehead atoms. The van der Waals surface area contributed by atoms with Gasteiger partial charge in [-0.15, -0.1) is 10.2 Å². The van der Waals surface area contributed by atoms with Crippen molar-refractivity contribution < 1.29 is 14.6 Å². The highest BCUT2D eigenvalue weighted by Gasteiger charge is 2.08. The van der Waals surface area contributed by atoms with Gasteiger partial charge in [-0.1, -0.05) is 23.9 Å². The van der Waals surface area contributed by atoms with Gasteiger partial charge in [0.05, 0.1) is 19.4 Å². The highest BCUT2D eigenvalue weighted by atomic mass is 32.2. The van der Waals surface area contributed by atoms with Crippen LogP contribution < -0.4 is 4.74 Å². The van der Waals surface area contributed by atoms with Crippen LogP contribution in [0.2, 0.25) is 0 Å². The molecule has 0 aliphatic rings. The van der Waals surface area contributed by atoms with Gasteiger partial charge in [0.25, 0.3) is 0 Å². The van der Waals surface area contributed by atoms with Crippen LogP contribution in [0.15, 0.2) is 35.7 Å². The lowest BCUT2D eigenvalue weighted by molar-refractivity contribution is -0.133. The average Bonchev–Trinajstić information content (AvgIpc) is 2.84. The third-order valence-electron chi connectivity index (χ3n) is 2.42. The number of methoxy groups -OCH3 is 1. The molecule has 1 aromatic carbocycles. The summed E-state index contributed by atoms with van der Waals surface area (Å²) in [6, 6.07) is 7.66. The molecule has 100 valence electrons. The Morgan fingerprint density at radius 3 is 2.79 bits per heavy atom. The summed E-state index contributed by atoms with van der Waals surface area (Å²) >= 11 is 1.15. The molecule has 19 heavy (non-hydrogen) atoms. The van der Waals surface area contributed by atoms with E-state index in [0.717, 1.165) is 23.1 Å². The fraction of sp³-hybridized carbons (Fsp3) is 0.250. The minimum absolute atomic E-state index is 0.0265. The van der Waals surface area contributed by atoms with E-state index in [0.29, 0.717) is 11.7 Å².